The Bertz CT molecular complexity index is 1090. The van der Waals surface area contributed by atoms with Crippen molar-refractivity contribution < 1.29 is 13.3 Å². The molecule has 0 saturated heterocycles. The lowest BCUT2D eigenvalue weighted by atomic mass is 10.2. The first kappa shape index (κ1) is 18.9. The molecule has 1 aromatic carbocycles. The number of non-ortho nitro benzene ring substituents is 1. The highest BCUT2D eigenvalue weighted by atomic mass is 32.2. The van der Waals surface area contributed by atoms with Crippen LogP contribution in [-0.4, -0.2) is 27.9 Å². The van der Waals surface area contributed by atoms with Crippen molar-refractivity contribution in [3.05, 3.63) is 58.5 Å². The van der Waals surface area contributed by atoms with Crippen molar-refractivity contribution in [1.29, 1.82) is 0 Å². The van der Waals surface area contributed by atoms with Crippen LogP contribution in [-0.2, 0) is 23.1 Å². The topological polar surface area (TPSA) is 120 Å². The third-order valence-corrected chi connectivity index (χ3v) is 5.29. The second-order valence-electron chi connectivity index (χ2n) is 6.46. The molecule has 142 valence electrons. The molecule has 2 heterocycles. The quantitative estimate of drug-likeness (QED) is 0.489. The van der Waals surface area contributed by atoms with Crippen LogP contribution in [0.25, 0.3) is 11.2 Å². The second-order valence-corrected chi connectivity index (χ2v) is 8.22. The molecule has 27 heavy (non-hydrogen) atoms. The van der Waals surface area contributed by atoms with Gasteiger partial charge in [0.1, 0.15) is 11.3 Å². The Morgan fingerprint density at radius 2 is 2.04 bits per heavy atom. The Morgan fingerprint density at radius 3 is 2.74 bits per heavy atom. The average Bonchev–Trinajstić information content (AvgIpc) is 2.97. The van der Waals surface area contributed by atoms with Gasteiger partial charge in [0.05, 0.1) is 16.4 Å². The highest BCUT2D eigenvalue weighted by Crippen LogP contribution is 2.19. The molecule has 0 radical (unpaired) electrons. The number of nitrogens with one attached hydrogen (secondary N) is 1. The van der Waals surface area contributed by atoms with Gasteiger partial charge in [0.2, 0.25) is 10.0 Å². The zero-order valence-corrected chi connectivity index (χ0v) is 15.7. The van der Waals surface area contributed by atoms with Crippen LogP contribution in [0.5, 0.6) is 0 Å². The Morgan fingerprint density at radius 1 is 1.26 bits per heavy atom. The summed E-state index contributed by atoms with van der Waals surface area (Å²) in [5.41, 5.74) is 1.09. The van der Waals surface area contributed by atoms with Crippen LogP contribution in [0.3, 0.4) is 0 Å². The number of nitrogens with zero attached hydrogens (tertiary/aromatic N) is 4. The monoisotopic (exact) mass is 389 g/mol. The van der Waals surface area contributed by atoms with Crippen LogP contribution in [0.15, 0.2) is 47.5 Å². The minimum Gasteiger partial charge on any atom is -0.311 e. The van der Waals surface area contributed by atoms with Crippen molar-refractivity contribution in [2.75, 3.05) is 0 Å². The summed E-state index contributed by atoms with van der Waals surface area (Å²) in [7, 11) is -3.93. The molecule has 0 atom stereocenters. The lowest BCUT2D eigenvalue weighted by molar-refractivity contribution is -0.385. The molecular formula is C17H19N5O4S. The van der Waals surface area contributed by atoms with E-state index < -0.39 is 14.9 Å². The summed E-state index contributed by atoms with van der Waals surface area (Å²) in [6.45, 7) is 4.69. The van der Waals surface area contributed by atoms with Crippen LogP contribution in [0.1, 0.15) is 19.7 Å². The number of nitro groups is 1. The van der Waals surface area contributed by atoms with E-state index in [9.17, 15) is 18.5 Å². The molecular weight excluding hydrogens is 370 g/mol. The summed E-state index contributed by atoms with van der Waals surface area (Å²) in [5.74, 6) is 0.850. The van der Waals surface area contributed by atoms with E-state index in [2.05, 4.69) is 14.7 Å². The number of hydrogen-bond acceptors (Lipinski definition) is 6. The van der Waals surface area contributed by atoms with Crippen molar-refractivity contribution in [2.24, 2.45) is 5.92 Å². The van der Waals surface area contributed by atoms with Crippen molar-refractivity contribution in [2.45, 2.75) is 31.8 Å². The standard InChI is InChI=1S/C17H19N5O4S/c1-12(2)11-21-16(20-15-7-4-8-18-17(15)21)10-19-27(25,26)14-6-3-5-13(9-14)22(23)24/h3-9,12,19H,10-11H2,1-2H3. The second kappa shape index (κ2) is 7.41. The van der Waals surface area contributed by atoms with E-state index in [-0.39, 0.29) is 17.1 Å². The largest absolute Gasteiger partial charge is 0.311 e. The Kier molecular flexibility index (Phi) is 5.19. The molecule has 10 heteroatoms. The normalized spacial score (nSPS) is 12.0. The molecule has 0 aliphatic carbocycles. The van der Waals surface area contributed by atoms with E-state index in [0.717, 1.165) is 6.07 Å². The summed E-state index contributed by atoms with van der Waals surface area (Å²) in [6.07, 6.45) is 1.66. The van der Waals surface area contributed by atoms with E-state index in [1.807, 2.05) is 24.5 Å². The zero-order chi connectivity index (χ0) is 19.6. The fourth-order valence-electron chi connectivity index (χ4n) is 2.70. The molecule has 0 fully saturated rings. The van der Waals surface area contributed by atoms with Gasteiger partial charge in [-0.3, -0.25) is 10.1 Å². The van der Waals surface area contributed by atoms with Gasteiger partial charge in [0.15, 0.2) is 5.65 Å². The van der Waals surface area contributed by atoms with E-state index >= 15 is 0 Å². The smallest absolute Gasteiger partial charge is 0.270 e. The molecule has 0 spiro atoms. The van der Waals surface area contributed by atoms with Gasteiger partial charge in [-0.15, -0.1) is 0 Å². The third-order valence-electron chi connectivity index (χ3n) is 3.89. The number of aromatic nitrogens is 3. The summed E-state index contributed by atoms with van der Waals surface area (Å²) < 4.78 is 29.4. The van der Waals surface area contributed by atoms with Crippen LogP contribution >= 0.6 is 0 Å². The zero-order valence-electron chi connectivity index (χ0n) is 14.9. The molecule has 0 bridgehead atoms. The van der Waals surface area contributed by atoms with Crippen LogP contribution in [0.2, 0.25) is 0 Å². The minimum atomic E-state index is -3.93. The van der Waals surface area contributed by atoms with Gasteiger partial charge < -0.3 is 4.57 Å². The van der Waals surface area contributed by atoms with Gasteiger partial charge in [-0.05, 0) is 24.1 Å². The molecule has 0 amide bonds. The predicted octanol–water partition coefficient (Wildman–Crippen LogP) is 2.47. The molecule has 9 nitrogen and oxygen atoms in total. The maximum absolute atomic E-state index is 12.5. The Labute approximate surface area is 156 Å². The van der Waals surface area contributed by atoms with E-state index in [4.69, 9.17) is 0 Å². The van der Waals surface area contributed by atoms with Gasteiger partial charge in [-0.2, -0.15) is 0 Å². The highest BCUT2D eigenvalue weighted by Gasteiger charge is 2.20. The highest BCUT2D eigenvalue weighted by molar-refractivity contribution is 7.89. The van der Waals surface area contributed by atoms with Gasteiger partial charge >= 0.3 is 0 Å². The number of pyridine rings is 1. The van der Waals surface area contributed by atoms with Gasteiger partial charge in [-0.1, -0.05) is 19.9 Å². The summed E-state index contributed by atoms with van der Waals surface area (Å²) in [4.78, 5) is 18.9. The lowest BCUT2D eigenvalue weighted by Crippen LogP contribution is -2.25. The number of rotatable bonds is 7. The molecule has 1 N–H and O–H groups in total. The van der Waals surface area contributed by atoms with Crippen molar-refractivity contribution in [1.82, 2.24) is 19.3 Å². The number of imidazole rings is 1. The van der Waals surface area contributed by atoms with Crippen LogP contribution < -0.4 is 4.72 Å². The molecule has 3 aromatic rings. The summed E-state index contributed by atoms with van der Waals surface area (Å²) in [5, 5.41) is 10.9. The Hall–Kier alpha value is -2.85. The molecule has 3 rings (SSSR count). The van der Waals surface area contributed by atoms with Crippen molar-refractivity contribution in [3.8, 4) is 0 Å². The third kappa shape index (κ3) is 4.12. The summed E-state index contributed by atoms with van der Waals surface area (Å²) in [6, 6.07) is 8.51. The first-order valence-electron chi connectivity index (χ1n) is 8.32. The lowest BCUT2D eigenvalue weighted by Gasteiger charge is -2.12. The number of benzene rings is 1. The fraction of sp³-hybridized carbons (Fsp3) is 0.294. The number of nitro benzene ring substituents is 1. The molecule has 0 aliphatic rings. The molecule has 0 unspecified atom stereocenters. The van der Waals surface area contributed by atoms with Gasteiger partial charge in [0.25, 0.3) is 5.69 Å². The van der Waals surface area contributed by atoms with Crippen molar-refractivity contribution in [3.63, 3.8) is 0 Å². The maximum Gasteiger partial charge on any atom is 0.270 e. The SMILES string of the molecule is CC(C)Cn1c(CNS(=O)(=O)c2cccc([N+](=O)[O-])c2)nc2cccnc21. The number of fused-ring (bicyclic) bond motifs is 1. The molecule has 0 aliphatic heterocycles. The summed E-state index contributed by atoms with van der Waals surface area (Å²) >= 11 is 0. The molecule has 0 saturated carbocycles. The number of hydrogen-bond donors (Lipinski definition) is 1. The van der Waals surface area contributed by atoms with Crippen LogP contribution in [0, 0.1) is 16.0 Å². The van der Waals surface area contributed by atoms with Crippen molar-refractivity contribution >= 4 is 26.9 Å². The number of sulfonamides is 1. The van der Waals surface area contributed by atoms with Gasteiger partial charge in [-0.25, -0.2) is 23.1 Å². The average molecular weight is 389 g/mol. The Balaban J connectivity index is 1.89. The van der Waals surface area contributed by atoms with E-state index in [1.54, 1.807) is 12.3 Å². The molecule has 2 aromatic heterocycles. The van der Waals surface area contributed by atoms with Crippen LogP contribution in [0.4, 0.5) is 5.69 Å². The first-order chi connectivity index (χ1) is 12.8. The predicted molar refractivity (Wildman–Crippen MR) is 99.5 cm³/mol. The van der Waals surface area contributed by atoms with E-state index in [1.165, 1.54) is 18.2 Å². The van der Waals surface area contributed by atoms with Gasteiger partial charge in [0, 0.05) is 24.9 Å². The van der Waals surface area contributed by atoms with E-state index in [0.29, 0.717) is 29.5 Å². The maximum atomic E-state index is 12.5. The minimum absolute atomic E-state index is 0.0475. The fourth-order valence-corrected chi connectivity index (χ4v) is 3.72. The first-order valence-corrected chi connectivity index (χ1v) is 9.80.